The van der Waals surface area contributed by atoms with Crippen molar-refractivity contribution in [2.45, 2.75) is 79.1 Å². The number of carbonyl (C=O) groups excluding carboxylic acids is 3. The zero-order chi connectivity index (χ0) is 21.4. The van der Waals surface area contributed by atoms with Gasteiger partial charge in [0.2, 0.25) is 0 Å². The van der Waals surface area contributed by atoms with Crippen LogP contribution in [0.1, 0.15) is 60.8 Å². The quantitative estimate of drug-likeness (QED) is 0.582. The summed E-state index contributed by atoms with van der Waals surface area (Å²) < 4.78 is 10.9. The Hall–Kier alpha value is -2.21. The highest BCUT2D eigenvalue weighted by atomic mass is 16.6. The maximum atomic E-state index is 12.6. The van der Waals surface area contributed by atoms with Gasteiger partial charge in [-0.1, -0.05) is 32.1 Å². The molecule has 0 aromatic rings. The van der Waals surface area contributed by atoms with Crippen LogP contribution in [0, 0.1) is 5.92 Å². The molecule has 28 heavy (non-hydrogen) atoms. The second kappa shape index (κ2) is 11.0. The highest BCUT2D eigenvalue weighted by molar-refractivity contribution is 5.91. The van der Waals surface area contributed by atoms with Gasteiger partial charge in [0.15, 0.2) is 11.9 Å². The van der Waals surface area contributed by atoms with Gasteiger partial charge in [-0.15, -0.1) is 0 Å². The third-order valence-corrected chi connectivity index (χ3v) is 4.70. The minimum Gasteiger partial charge on any atom is -0.454 e. The molecule has 1 rings (SSSR count). The standard InChI is InChI=1S/C22H32O6/c1-7-14(4)18-11-9-15(5)20(25)21(28-19(24)12-13(2)3)17(23)10-8-16(6)22(26)27-18/h7-9,13,18,20-21,25H,10-12H2,1-6H3. The molecule has 0 saturated heterocycles. The SMILES string of the molecule is CC=C(C)C1CC=C(C)C(O)C(OC(=O)CC(C)C)C(=O)CC=C(C)C(=O)O1. The van der Waals surface area contributed by atoms with Crippen molar-refractivity contribution in [2.24, 2.45) is 5.92 Å². The Bertz CT molecular complexity index is 683. The van der Waals surface area contributed by atoms with Gasteiger partial charge in [-0.25, -0.2) is 4.79 Å². The molecule has 156 valence electrons. The van der Waals surface area contributed by atoms with E-state index in [1.165, 1.54) is 6.08 Å². The lowest BCUT2D eigenvalue weighted by atomic mass is 9.97. The Morgan fingerprint density at radius 2 is 1.96 bits per heavy atom. The van der Waals surface area contributed by atoms with Crippen molar-refractivity contribution in [3.63, 3.8) is 0 Å². The van der Waals surface area contributed by atoms with Crippen molar-refractivity contribution >= 4 is 17.7 Å². The normalized spacial score (nSPS) is 25.3. The maximum Gasteiger partial charge on any atom is 0.334 e. The van der Waals surface area contributed by atoms with Gasteiger partial charge in [-0.05, 0) is 44.8 Å². The first-order valence-corrected chi connectivity index (χ1v) is 9.64. The number of cyclic esters (lactones) is 1. The van der Waals surface area contributed by atoms with Crippen LogP contribution in [0.2, 0.25) is 0 Å². The lowest BCUT2D eigenvalue weighted by molar-refractivity contribution is -0.161. The van der Waals surface area contributed by atoms with Crippen molar-refractivity contribution in [1.82, 2.24) is 0 Å². The van der Waals surface area contributed by atoms with Crippen molar-refractivity contribution in [3.8, 4) is 0 Å². The van der Waals surface area contributed by atoms with Crippen molar-refractivity contribution < 1.29 is 29.0 Å². The molecule has 0 amide bonds. The number of carbonyl (C=O) groups is 3. The highest BCUT2D eigenvalue weighted by Gasteiger charge is 2.32. The number of rotatable bonds is 4. The molecule has 0 bridgehead atoms. The summed E-state index contributed by atoms with van der Waals surface area (Å²) in [4.78, 5) is 37.0. The third-order valence-electron chi connectivity index (χ3n) is 4.70. The largest absolute Gasteiger partial charge is 0.454 e. The first kappa shape index (κ1) is 23.8. The Kier molecular flexibility index (Phi) is 9.32. The van der Waals surface area contributed by atoms with E-state index in [1.54, 1.807) is 19.9 Å². The Labute approximate surface area is 167 Å². The van der Waals surface area contributed by atoms with E-state index in [1.807, 2.05) is 33.8 Å². The minimum absolute atomic E-state index is 0.0732. The van der Waals surface area contributed by atoms with Crippen LogP contribution in [0.4, 0.5) is 0 Å². The van der Waals surface area contributed by atoms with Crippen molar-refractivity contribution in [2.75, 3.05) is 0 Å². The van der Waals surface area contributed by atoms with E-state index >= 15 is 0 Å². The van der Waals surface area contributed by atoms with Crippen molar-refractivity contribution in [1.29, 1.82) is 0 Å². The van der Waals surface area contributed by atoms with Crippen LogP contribution in [0.15, 0.2) is 34.9 Å². The molecule has 0 fully saturated rings. The molecule has 0 aromatic carbocycles. The van der Waals surface area contributed by atoms with Gasteiger partial charge in [0.05, 0.1) is 0 Å². The molecule has 3 atom stereocenters. The molecule has 0 aromatic heterocycles. The van der Waals surface area contributed by atoms with Gasteiger partial charge in [-0.3, -0.25) is 9.59 Å². The zero-order valence-corrected chi connectivity index (χ0v) is 17.7. The van der Waals surface area contributed by atoms with Gasteiger partial charge in [-0.2, -0.15) is 0 Å². The number of ketones is 1. The number of esters is 2. The van der Waals surface area contributed by atoms with E-state index in [9.17, 15) is 19.5 Å². The zero-order valence-electron chi connectivity index (χ0n) is 17.7. The first-order valence-electron chi connectivity index (χ1n) is 9.64. The van der Waals surface area contributed by atoms with Gasteiger partial charge >= 0.3 is 11.9 Å². The summed E-state index contributed by atoms with van der Waals surface area (Å²) in [6.07, 6.45) is 2.36. The topological polar surface area (TPSA) is 89.9 Å². The summed E-state index contributed by atoms with van der Waals surface area (Å²) in [7, 11) is 0. The molecule has 6 heteroatoms. The van der Waals surface area contributed by atoms with Crippen LogP contribution < -0.4 is 0 Å². The molecule has 0 radical (unpaired) electrons. The van der Waals surface area contributed by atoms with Gasteiger partial charge in [0, 0.05) is 24.8 Å². The number of aliphatic hydroxyl groups excluding tert-OH is 1. The van der Waals surface area contributed by atoms with Crippen LogP contribution in [0.3, 0.4) is 0 Å². The van der Waals surface area contributed by atoms with Crippen LogP contribution in [0.5, 0.6) is 0 Å². The van der Waals surface area contributed by atoms with E-state index in [0.29, 0.717) is 17.6 Å². The predicted molar refractivity (Wildman–Crippen MR) is 106 cm³/mol. The molecule has 1 heterocycles. The average Bonchev–Trinajstić information content (AvgIpc) is 2.63. The summed E-state index contributed by atoms with van der Waals surface area (Å²) in [6.45, 7) is 10.7. The first-order chi connectivity index (χ1) is 13.1. The number of hydrogen-bond acceptors (Lipinski definition) is 6. The van der Waals surface area contributed by atoms with Crippen molar-refractivity contribution in [3.05, 3.63) is 34.9 Å². The average molecular weight is 392 g/mol. The maximum absolute atomic E-state index is 12.6. The van der Waals surface area contributed by atoms with E-state index in [0.717, 1.165) is 5.57 Å². The molecule has 3 unspecified atom stereocenters. The number of allylic oxidation sites excluding steroid dienone is 2. The molecule has 1 aliphatic rings. The summed E-state index contributed by atoms with van der Waals surface area (Å²) in [5.74, 6) is -1.43. The Balaban J connectivity index is 3.22. The number of aliphatic hydroxyl groups is 1. The van der Waals surface area contributed by atoms with Crippen LogP contribution in [0.25, 0.3) is 0 Å². The fourth-order valence-electron chi connectivity index (χ4n) is 2.67. The van der Waals surface area contributed by atoms with Crippen LogP contribution in [-0.4, -0.2) is 41.1 Å². The summed E-state index contributed by atoms with van der Waals surface area (Å²) >= 11 is 0. The third kappa shape index (κ3) is 7.08. The fourth-order valence-corrected chi connectivity index (χ4v) is 2.67. The fraction of sp³-hybridized carbons (Fsp3) is 0.591. The van der Waals surface area contributed by atoms with Gasteiger partial charge < -0.3 is 14.6 Å². The lowest BCUT2D eigenvalue weighted by Gasteiger charge is -2.24. The van der Waals surface area contributed by atoms with Crippen LogP contribution >= 0.6 is 0 Å². The molecule has 6 nitrogen and oxygen atoms in total. The molecular weight excluding hydrogens is 360 g/mol. The number of ether oxygens (including phenoxy) is 2. The second-order valence-electron chi connectivity index (χ2n) is 7.62. The summed E-state index contributed by atoms with van der Waals surface area (Å²) in [5, 5.41) is 10.7. The molecule has 0 aliphatic carbocycles. The Morgan fingerprint density at radius 3 is 2.54 bits per heavy atom. The molecular formula is C22H32O6. The van der Waals surface area contributed by atoms with E-state index in [2.05, 4.69) is 0 Å². The second-order valence-corrected chi connectivity index (χ2v) is 7.62. The van der Waals surface area contributed by atoms with Gasteiger partial charge in [0.1, 0.15) is 12.2 Å². The van der Waals surface area contributed by atoms with E-state index in [4.69, 9.17) is 9.47 Å². The highest BCUT2D eigenvalue weighted by Crippen LogP contribution is 2.20. The monoisotopic (exact) mass is 392 g/mol. The molecule has 1 aliphatic heterocycles. The molecule has 0 spiro atoms. The summed E-state index contributed by atoms with van der Waals surface area (Å²) in [5.41, 5.74) is 1.67. The van der Waals surface area contributed by atoms with Gasteiger partial charge in [0.25, 0.3) is 0 Å². The van der Waals surface area contributed by atoms with E-state index in [-0.39, 0.29) is 18.8 Å². The molecule has 1 N–H and O–H groups in total. The lowest BCUT2D eigenvalue weighted by Crippen LogP contribution is -2.39. The number of Topliss-reactive ketones (excluding diaryl/α,β-unsaturated/α-hetero) is 1. The van der Waals surface area contributed by atoms with Crippen LogP contribution in [-0.2, 0) is 23.9 Å². The smallest absolute Gasteiger partial charge is 0.334 e. The minimum atomic E-state index is -1.30. The van der Waals surface area contributed by atoms with E-state index < -0.39 is 36.0 Å². The summed E-state index contributed by atoms with van der Waals surface area (Å²) in [6, 6.07) is 0. The number of hydrogen-bond donors (Lipinski definition) is 1. The Morgan fingerprint density at radius 1 is 1.32 bits per heavy atom. The predicted octanol–water partition coefficient (Wildman–Crippen LogP) is 3.44. The molecule has 0 saturated carbocycles.